The van der Waals surface area contributed by atoms with Crippen LogP contribution in [0.3, 0.4) is 0 Å². The van der Waals surface area contributed by atoms with Crippen molar-refractivity contribution < 1.29 is 0 Å². The van der Waals surface area contributed by atoms with Crippen molar-refractivity contribution in [1.82, 2.24) is 9.13 Å². The summed E-state index contributed by atoms with van der Waals surface area (Å²) in [5.74, 6) is 0. The van der Waals surface area contributed by atoms with Crippen molar-refractivity contribution in [3.05, 3.63) is 141 Å². The molecule has 8 rings (SSSR count). The first-order valence-electron chi connectivity index (χ1n) is 19.2. The molecule has 8 aromatic rings. The summed E-state index contributed by atoms with van der Waals surface area (Å²) in [5, 5.41) is 5.16. The highest BCUT2D eigenvalue weighted by Crippen LogP contribution is 2.37. The highest BCUT2D eigenvalue weighted by molar-refractivity contribution is 9.10. The molecule has 4 heteroatoms. The molecule has 0 atom stereocenters. The van der Waals surface area contributed by atoms with Crippen LogP contribution in [-0.4, -0.2) is 9.13 Å². The van der Waals surface area contributed by atoms with Gasteiger partial charge in [0.1, 0.15) is 0 Å². The van der Waals surface area contributed by atoms with Gasteiger partial charge >= 0.3 is 0 Å². The van der Waals surface area contributed by atoms with Gasteiger partial charge in [-0.2, -0.15) is 0 Å². The monoisotopic (exact) mass is 808 g/mol. The Morgan fingerprint density at radius 2 is 0.808 bits per heavy atom. The van der Waals surface area contributed by atoms with Crippen LogP contribution in [0.25, 0.3) is 66.1 Å². The fourth-order valence-corrected chi connectivity index (χ4v) is 8.78. The quantitative estimate of drug-likeness (QED) is 0.103. The average Bonchev–Trinajstić information content (AvgIpc) is 3.66. The normalized spacial score (nSPS) is 11.8. The van der Waals surface area contributed by atoms with Crippen LogP contribution in [0.1, 0.15) is 76.3 Å². The molecule has 0 radical (unpaired) electrons. The molecular formula is C48H46Br2N2. The zero-order valence-electron chi connectivity index (χ0n) is 30.3. The van der Waals surface area contributed by atoms with E-state index in [-0.39, 0.29) is 0 Å². The van der Waals surface area contributed by atoms with Gasteiger partial charge in [0.15, 0.2) is 0 Å². The standard InChI is InChI=1S/C48H46Br2N2/c1-3-5-7-9-11-33-13-25-41-43-31-37(49)19-27-45(43)51(47(41)29-33)39-21-15-35(16-22-39)36-17-23-40(24-18-36)52-46-28-20-38(50)32-44(46)42-26-14-34(30-48(42)52)12-10-8-6-4-2/h13-32H,3-12H2,1-2H3. The molecule has 0 fully saturated rings. The lowest BCUT2D eigenvalue weighted by molar-refractivity contribution is 0.667. The molecule has 6 aromatic carbocycles. The van der Waals surface area contributed by atoms with Crippen LogP contribution in [0.5, 0.6) is 0 Å². The molecule has 0 aliphatic rings. The fraction of sp³-hybridized carbons (Fsp3) is 0.250. The minimum Gasteiger partial charge on any atom is -0.309 e. The number of halogens is 2. The van der Waals surface area contributed by atoms with E-state index in [9.17, 15) is 0 Å². The molecule has 2 nitrogen and oxygen atoms in total. The van der Waals surface area contributed by atoms with E-state index in [2.05, 4.69) is 176 Å². The summed E-state index contributed by atoms with van der Waals surface area (Å²) in [6, 6.07) is 45.7. The van der Waals surface area contributed by atoms with Gasteiger partial charge in [-0.05, 0) is 121 Å². The van der Waals surface area contributed by atoms with Crippen molar-refractivity contribution in [3.63, 3.8) is 0 Å². The smallest absolute Gasteiger partial charge is 0.0543 e. The summed E-state index contributed by atoms with van der Waals surface area (Å²) in [4.78, 5) is 0. The lowest BCUT2D eigenvalue weighted by atomic mass is 10.0. The molecule has 0 N–H and O–H groups in total. The maximum absolute atomic E-state index is 3.73. The van der Waals surface area contributed by atoms with Crippen LogP contribution < -0.4 is 0 Å². The number of hydrogen-bond donors (Lipinski definition) is 0. The van der Waals surface area contributed by atoms with Crippen molar-refractivity contribution in [3.8, 4) is 22.5 Å². The summed E-state index contributed by atoms with van der Waals surface area (Å²) in [7, 11) is 0. The SMILES string of the molecule is CCCCCCc1ccc2c3cc(Br)ccc3n(-c3ccc(-c4ccc(-n5c6ccc(Br)cc6c6ccc(CCCCCC)cc65)cc4)cc3)c2c1. The third-order valence-electron chi connectivity index (χ3n) is 10.8. The molecule has 0 saturated carbocycles. The zero-order chi connectivity index (χ0) is 35.6. The van der Waals surface area contributed by atoms with Gasteiger partial charge in [0, 0.05) is 41.9 Å². The molecule has 0 bridgehead atoms. The van der Waals surface area contributed by atoms with E-state index >= 15 is 0 Å². The topological polar surface area (TPSA) is 9.86 Å². The van der Waals surface area contributed by atoms with Crippen molar-refractivity contribution in [2.75, 3.05) is 0 Å². The van der Waals surface area contributed by atoms with Crippen molar-refractivity contribution in [2.45, 2.75) is 78.1 Å². The van der Waals surface area contributed by atoms with Crippen LogP contribution >= 0.6 is 31.9 Å². The highest BCUT2D eigenvalue weighted by Gasteiger charge is 2.16. The fourth-order valence-electron chi connectivity index (χ4n) is 8.06. The summed E-state index contributed by atoms with van der Waals surface area (Å²) in [5.41, 5.74) is 12.7. The van der Waals surface area contributed by atoms with Crippen molar-refractivity contribution in [1.29, 1.82) is 0 Å². The molecular weight excluding hydrogens is 764 g/mol. The molecule has 0 aliphatic heterocycles. The molecule has 2 aromatic heterocycles. The first kappa shape index (κ1) is 34.9. The molecule has 2 heterocycles. The van der Waals surface area contributed by atoms with Gasteiger partial charge in [-0.3, -0.25) is 0 Å². The Morgan fingerprint density at radius 3 is 1.21 bits per heavy atom. The molecule has 52 heavy (non-hydrogen) atoms. The molecule has 0 unspecified atom stereocenters. The Bertz CT molecular complexity index is 2320. The molecule has 0 saturated heterocycles. The number of aryl methyl sites for hydroxylation is 2. The number of benzene rings is 6. The van der Waals surface area contributed by atoms with Gasteiger partial charge in [-0.25, -0.2) is 0 Å². The number of nitrogens with zero attached hydrogens (tertiary/aromatic N) is 2. The van der Waals surface area contributed by atoms with E-state index in [0.29, 0.717) is 0 Å². The largest absolute Gasteiger partial charge is 0.309 e. The van der Waals surface area contributed by atoms with Gasteiger partial charge < -0.3 is 9.13 Å². The van der Waals surface area contributed by atoms with Crippen molar-refractivity contribution >= 4 is 75.5 Å². The minimum atomic E-state index is 1.11. The number of fused-ring (bicyclic) bond motifs is 6. The first-order chi connectivity index (χ1) is 25.5. The van der Waals surface area contributed by atoms with E-state index in [0.717, 1.165) is 21.8 Å². The van der Waals surface area contributed by atoms with Crippen LogP contribution in [0, 0.1) is 0 Å². The second kappa shape index (κ2) is 15.5. The average molecular weight is 811 g/mol. The molecule has 0 aliphatic carbocycles. The summed E-state index contributed by atoms with van der Waals surface area (Å²) in [6.45, 7) is 4.56. The van der Waals surface area contributed by atoms with E-state index in [1.165, 1.54) is 129 Å². The molecule has 262 valence electrons. The van der Waals surface area contributed by atoms with Crippen LogP contribution in [-0.2, 0) is 12.8 Å². The number of hydrogen-bond acceptors (Lipinski definition) is 0. The number of aromatic nitrogens is 2. The predicted octanol–water partition coefficient (Wildman–Crippen LogP) is 15.3. The summed E-state index contributed by atoms with van der Waals surface area (Å²) in [6.07, 6.45) is 12.5. The van der Waals surface area contributed by atoms with Crippen LogP contribution in [0.4, 0.5) is 0 Å². The maximum atomic E-state index is 3.73. The van der Waals surface area contributed by atoms with E-state index < -0.39 is 0 Å². The number of rotatable bonds is 13. The summed E-state index contributed by atoms with van der Waals surface area (Å²) < 4.78 is 7.10. The van der Waals surface area contributed by atoms with Crippen LogP contribution in [0.2, 0.25) is 0 Å². The third kappa shape index (κ3) is 6.88. The van der Waals surface area contributed by atoms with Gasteiger partial charge in [0.05, 0.1) is 22.1 Å². The number of unbranched alkanes of at least 4 members (excludes halogenated alkanes) is 6. The van der Waals surface area contributed by atoms with Crippen LogP contribution in [0.15, 0.2) is 130 Å². The zero-order valence-corrected chi connectivity index (χ0v) is 33.4. The second-order valence-corrected chi connectivity index (χ2v) is 16.2. The predicted molar refractivity (Wildman–Crippen MR) is 232 cm³/mol. The highest BCUT2D eigenvalue weighted by atomic mass is 79.9. The molecule has 0 spiro atoms. The van der Waals surface area contributed by atoms with Gasteiger partial charge in [0.25, 0.3) is 0 Å². The Labute approximate surface area is 324 Å². The van der Waals surface area contributed by atoms with Gasteiger partial charge in [-0.1, -0.05) is 133 Å². The van der Waals surface area contributed by atoms with E-state index in [1.807, 2.05) is 0 Å². The van der Waals surface area contributed by atoms with Crippen molar-refractivity contribution in [2.24, 2.45) is 0 Å². The minimum absolute atomic E-state index is 1.11. The van der Waals surface area contributed by atoms with E-state index in [4.69, 9.17) is 0 Å². The summed E-state index contributed by atoms with van der Waals surface area (Å²) >= 11 is 7.46. The Morgan fingerprint density at radius 1 is 0.385 bits per heavy atom. The lowest BCUT2D eigenvalue weighted by Crippen LogP contribution is -1.96. The van der Waals surface area contributed by atoms with Gasteiger partial charge in [0.2, 0.25) is 0 Å². The van der Waals surface area contributed by atoms with Gasteiger partial charge in [-0.15, -0.1) is 0 Å². The Kier molecular flexibility index (Phi) is 10.4. The molecule has 0 amide bonds. The first-order valence-corrected chi connectivity index (χ1v) is 20.8. The Hall–Kier alpha value is -4.12. The lowest BCUT2D eigenvalue weighted by Gasteiger charge is -2.12. The maximum Gasteiger partial charge on any atom is 0.0543 e. The Balaban J connectivity index is 1.12. The van der Waals surface area contributed by atoms with E-state index in [1.54, 1.807) is 0 Å². The third-order valence-corrected chi connectivity index (χ3v) is 11.8. The second-order valence-electron chi connectivity index (χ2n) is 14.4.